The van der Waals surface area contributed by atoms with Gasteiger partial charge < -0.3 is 9.84 Å². The molecular formula is C23H18NO2. The molecule has 26 heavy (non-hydrogen) atoms. The summed E-state index contributed by atoms with van der Waals surface area (Å²) in [6, 6.07) is 26.3. The highest BCUT2D eigenvalue weighted by atomic mass is 16.5. The fourth-order valence-electron chi connectivity index (χ4n) is 2.94. The van der Waals surface area contributed by atoms with Crippen LogP contribution in [0.25, 0.3) is 22.2 Å². The topological polar surface area (TPSA) is 42.4 Å². The smallest absolute Gasteiger partial charge is 0.131 e. The Kier molecular flexibility index (Phi) is 4.28. The molecule has 0 atom stereocenters. The van der Waals surface area contributed by atoms with Crippen molar-refractivity contribution in [3.05, 3.63) is 90.0 Å². The first-order chi connectivity index (χ1) is 12.7. The lowest BCUT2D eigenvalue weighted by Gasteiger charge is -2.13. The zero-order chi connectivity index (χ0) is 17.9. The summed E-state index contributed by atoms with van der Waals surface area (Å²) in [4.78, 5) is 4.65. The number of hydrogen-bond acceptors (Lipinski definition) is 3. The second kappa shape index (κ2) is 6.89. The number of phenolic OH excluding ortho intramolecular Hbond substituents is 1. The van der Waals surface area contributed by atoms with Crippen molar-refractivity contribution in [2.75, 3.05) is 0 Å². The molecule has 3 nitrogen and oxygen atoms in total. The third-order valence-electron chi connectivity index (χ3n) is 4.43. The van der Waals surface area contributed by atoms with Crippen LogP contribution < -0.4 is 4.74 Å². The fourth-order valence-corrected chi connectivity index (χ4v) is 2.94. The average molecular weight is 340 g/mol. The molecule has 0 bridgehead atoms. The minimum Gasteiger partial charge on any atom is -0.507 e. The Morgan fingerprint density at radius 3 is 2.69 bits per heavy atom. The van der Waals surface area contributed by atoms with Crippen LogP contribution in [0.3, 0.4) is 0 Å². The molecule has 0 fully saturated rings. The summed E-state index contributed by atoms with van der Waals surface area (Å²) in [5, 5.41) is 11.7. The summed E-state index contributed by atoms with van der Waals surface area (Å²) >= 11 is 0. The first-order valence-electron chi connectivity index (χ1n) is 8.49. The van der Waals surface area contributed by atoms with Crippen LogP contribution in [0.5, 0.6) is 11.5 Å². The van der Waals surface area contributed by atoms with Crippen LogP contribution in [0.2, 0.25) is 0 Å². The number of phenols is 1. The molecule has 1 N–H and O–H groups in total. The Labute approximate surface area is 152 Å². The van der Waals surface area contributed by atoms with Crippen LogP contribution in [-0.4, -0.2) is 10.1 Å². The number of fused-ring (bicyclic) bond motifs is 1. The van der Waals surface area contributed by atoms with E-state index >= 15 is 0 Å². The van der Waals surface area contributed by atoms with E-state index in [1.165, 1.54) is 0 Å². The highest BCUT2D eigenvalue weighted by molar-refractivity contribution is 5.82. The second-order valence-corrected chi connectivity index (χ2v) is 6.17. The maximum atomic E-state index is 10.7. The van der Waals surface area contributed by atoms with Gasteiger partial charge in [0, 0.05) is 16.5 Å². The lowest BCUT2D eigenvalue weighted by Crippen LogP contribution is -1.97. The Balaban J connectivity index is 1.64. The van der Waals surface area contributed by atoms with Crippen molar-refractivity contribution in [1.29, 1.82) is 0 Å². The molecule has 3 heteroatoms. The molecule has 3 aromatic carbocycles. The average Bonchev–Trinajstić information content (AvgIpc) is 2.69. The lowest BCUT2D eigenvalue weighted by atomic mass is 10.0. The fraction of sp³-hybridized carbons (Fsp3) is 0.0870. The van der Waals surface area contributed by atoms with Gasteiger partial charge in [-0.15, -0.1) is 0 Å². The van der Waals surface area contributed by atoms with E-state index in [9.17, 15) is 5.11 Å². The minimum absolute atomic E-state index is 0.199. The number of hydrogen-bond donors (Lipinski definition) is 1. The van der Waals surface area contributed by atoms with Gasteiger partial charge in [0.15, 0.2) is 0 Å². The third-order valence-corrected chi connectivity index (χ3v) is 4.43. The first-order valence-corrected chi connectivity index (χ1v) is 8.49. The standard InChI is InChI=1S/C23H18NO2/c1-16-22(26-15-17-7-3-2-4-8-17)14-12-19(23(16)25)21-13-11-18-9-5-6-10-20(18)24-21/h2-4,6-14,25H,15H2,1H3. The number of benzene rings is 3. The Morgan fingerprint density at radius 2 is 1.85 bits per heavy atom. The van der Waals surface area contributed by atoms with Crippen molar-refractivity contribution < 1.29 is 9.84 Å². The third kappa shape index (κ3) is 3.11. The normalized spacial score (nSPS) is 10.8. The van der Waals surface area contributed by atoms with Gasteiger partial charge in [0.1, 0.15) is 18.1 Å². The molecule has 1 heterocycles. The predicted octanol–water partition coefficient (Wildman–Crippen LogP) is 5.30. The van der Waals surface area contributed by atoms with Gasteiger partial charge in [-0.2, -0.15) is 0 Å². The van der Waals surface area contributed by atoms with Gasteiger partial charge in [-0.05, 0) is 48.9 Å². The number of ether oxygens (including phenoxy) is 1. The zero-order valence-corrected chi connectivity index (χ0v) is 14.4. The van der Waals surface area contributed by atoms with E-state index in [4.69, 9.17) is 4.74 Å². The molecule has 0 saturated heterocycles. The van der Waals surface area contributed by atoms with Crippen LogP contribution in [0.1, 0.15) is 11.1 Å². The van der Waals surface area contributed by atoms with Gasteiger partial charge in [0.2, 0.25) is 0 Å². The SMILES string of the molecule is Cc1c(OCc2ccccc2)ccc(-c2ccc3c[c]ccc3n2)c1O. The van der Waals surface area contributed by atoms with Gasteiger partial charge in [-0.3, -0.25) is 0 Å². The summed E-state index contributed by atoms with van der Waals surface area (Å²) in [5.74, 6) is 0.871. The molecule has 0 unspecified atom stereocenters. The molecule has 0 aliphatic heterocycles. The quantitative estimate of drug-likeness (QED) is 0.548. The predicted molar refractivity (Wildman–Crippen MR) is 103 cm³/mol. The number of aromatic nitrogens is 1. The molecule has 1 radical (unpaired) electrons. The van der Waals surface area contributed by atoms with E-state index in [1.807, 2.05) is 79.7 Å². The Morgan fingerprint density at radius 1 is 1.00 bits per heavy atom. The van der Waals surface area contributed by atoms with E-state index in [1.54, 1.807) is 0 Å². The van der Waals surface area contributed by atoms with Crippen molar-refractivity contribution in [2.24, 2.45) is 0 Å². The molecule has 1 aromatic heterocycles. The molecule has 4 rings (SSSR count). The summed E-state index contributed by atoms with van der Waals surface area (Å²) in [6.45, 7) is 2.32. The molecular weight excluding hydrogens is 322 g/mol. The molecule has 0 saturated carbocycles. The van der Waals surface area contributed by atoms with E-state index in [-0.39, 0.29) is 5.75 Å². The largest absolute Gasteiger partial charge is 0.507 e. The number of rotatable bonds is 4. The maximum Gasteiger partial charge on any atom is 0.131 e. The molecule has 0 spiro atoms. The molecule has 0 aliphatic carbocycles. The summed E-state index contributed by atoms with van der Waals surface area (Å²) in [6.07, 6.45) is 0. The van der Waals surface area contributed by atoms with Gasteiger partial charge in [0.25, 0.3) is 0 Å². The minimum atomic E-state index is 0.199. The Bertz CT molecular complexity index is 1060. The molecule has 4 aromatic rings. The summed E-state index contributed by atoms with van der Waals surface area (Å²) < 4.78 is 5.88. The van der Waals surface area contributed by atoms with Gasteiger partial charge in [-0.1, -0.05) is 42.5 Å². The Hall–Kier alpha value is -3.33. The maximum absolute atomic E-state index is 10.7. The number of nitrogens with zero attached hydrogens (tertiary/aromatic N) is 1. The number of aromatic hydroxyl groups is 1. The van der Waals surface area contributed by atoms with Crippen LogP contribution in [0.4, 0.5) is 0 Å². The van der Waals surface area contributed by atoms with Crippen molar-refractivity contribution in [3.63, 3.8) is 0 Å². The highest BCUT2D eigenvalue weighted by Crippen LogP contribution is 2.37. The van der Waals surface area contributed by atoms with E-state index in [0.29, 0.717) is 23.5 Å². The van der Waals surface area contributed by atoms with Gasteiger partial charge in [-0.25, -0.2) is 4.98 Å². The van der Waals surface area contributed by atoms with Crippen molar-refractivity contribution in [3.8, 4) is 22.8 Å². The van der Waals surface area contributed by atoms with Crippen LogP contribution in [0, 0.1) is 13.0 Å². The highest BCUT2D eigenvalue weighted by Gasteiger charge is 2.13. The van der Waals surface area contributed by atoms with Crippen LogP contribution >= 0.6 is 0 Å². The van der Waals surface area contributed by atoms with Gasteiger partial charge >= 0.3 is 0 Å². The molecule has 0 aliphatic rings. The lowest BCUT2D eigenvalue weighted by molar-refractivity contribution is 0.302. The zero-order valence-electron chi connectivity index (χ0n) is 14.4. The van der Waals surface area contributed by atoms with E-state index in [0.717, 1.165) is 22.2 Å². The monoisotopic (exact) mass is 340 g/mol. The van der Waals surface area contributed by atoms with Crippen molar-refractivity contribution in [1.82, 2.24) is 4.98 Å². The summed E-state index contributed by atoms with van der Waals surface area (Å²) in [7, 11) is 0. The molecule has 127 valence electrons. The van der Waals surface area contributed by atoms with E-state index in [2.05, 4.69) is 11.1 Å². The van der Waals surface area contributed by atoms with E-state index < -0.39 is 0 Å². The first kappa shape index (κ1) is 16.2. The van der Waals surface area contributed by atoms with Crippen LogP contribution in [-0.2, 0) is 6.61 Å². The van der Waals surface area contributed by atoms with Crippen molar-refractivity contribution >= 4 is 10.9 Å². The second-order valence-electron chi connectivity index (χ2n) is 6.17. The molecule has 0 amide bonds. The summed E-state index contributed by atoms with van der Waals surface area (Å²) in [5.41, 5.74) is 4.11. The number of pyridine rings is 1. The van der Waals surface area contributed by atoms with Gasteiger partial charge in [0.05, 0.1) is 11.2 Å². The van der Waals surface area contributed by atoms with Crippen LogP contribution in [0.15, 0.2) is 72.8 Å². The van der Waals surface area contributed by atoms with Crippen molar-refractivity contribution in [2.45, 2.75) is 13.5 Å².